The number of para-hydroxylation sites is 1. The highest BCUT2D eigenvalue weighted by molar-refractivity contribution is 7.99. The number of thioether (sulfide) groups is 1. The van der Waals surface area contributed by atoms with E-state index in [9.17, 15) is 4.79 Å². The first kappa shape index (κ1) is 17.7. The predicted octanol–water partition coefficient (Wildman–Crippen LogP) is 5.41. The second-order valence-electron chi connectivity index (χ2n) is 7.19. The van der Waals surface area contributed by atoms with Gasteiger partial charge >= 0.3 is 0 Å². The smallest absolute Gasteiger partial charge is 0.192 e. The Morgan fingerprint density at radius 1 is 1.29 bits per heavy atom. The zero-order valence-electron chi connectivity index (χ0n) is 15.7. The number of ketones is 1. The topological polar surface area (TPSA) is 63.6 Å². The van der Waals surface area contributed by atoms with Crippen LogP contribution < -0.4 is 0 Å². The normalized spacial score (nSPS) is 14.1. The lowest BCUT2D eigenvalue weighted by Crippen LogP contribution is -2.05. The minimum atomic E-state index is 0.158. The Morgan fingerprint density at radius 2 is 2.11 bits per heavy atom. The number of aromatic amines is 1. The van der Waals surface area contributed by atoms with E-state index in [2.05, 4.69) is 31.9 Å². The summed E-state index contributed by atoms with van der Waals surface area (Å²) in [6, 6.07) is 10.7. The van der Waals surface area contributed by atoms with Gasteiger partial charge in [-0.05, 0) is 38.8 Å². The summed E-state index contributed by atoms with van der Waals surface area (Å²) in [5.41, 5.74) is 3.00. The van der Waals surface area contributed by atoms with Crippen molar-refractivity contribution in [2.75, 3.05) is 5.75 Å². The lowest BCUT2D eigenvalue weighted by Gasteiger charge is -2.08. The van der Waals surface area contributed by atoms with Crippen molar-refractivity contribution in [3.05, 3.63) is 51.8 Å². The first-order chi connectivity index (χ1) is 13.6. The van der Waals surface area contributed by atoms with Crippen molar-refractivity contribution in [1.82, 2.24) is 19.7 Å². The fourth-order valence-electron chi connectivity index (χ4n) is 3.59. The highest BCUT2D eigenvalue weighted by atomic mass is 32.2. The van der Waals surface area contributed by atoms with Crippen LogP contribution in [-0.4, -0.2) is 31.3 Å². The second-order valence-corrected chi connectivity index (χ2v) is 9.60. The van der Waals surface area contributed by atoms with Gasteiger partial charge in [0.1, 0.15) is 0 Å². The predicted molar refractivity (Wildman–Crippen MR) is 114 cm³/mol. The maximum atomic E-state index is 12.7. The van der Waals surface area contributed by atoms with E-state index in [1.165, 1.54) is 16.6 Å². The van der Waals surface area contributed by atoms with Crippen LogP contribution in [0, 0.1) is 13.8 Å². The van der Waals surface area contributed by atoms with Crippen LogP contribution in [0.5, 0.6) is 0 Å². The number of fused-ring (bicyclic) bond motifs is 1. The number of nitrogens with zero attached hydrogens (tertiary/aromatic N) is 3. The summed E-state index contributed by atoms with van der Waals surface area (Å²) in [5, 5.41) is 10.9. The third kappa shape index (κ3) is 3.08. The average Bonchev–Trinajstić information content (AvgIpc) is 3.15. The Labute approximate surface area is 171 Å². The standard InChI is InChI=1S/C21H20N4OS2/c1-12-9-16(13(2)28-12)19(26)11-27-21-24-23-20(25(21)14-7-8-14)17-10-22-18-6-4-3-5-15(17)18/h3-6,9-10,14,22H,7-8,11H2,1-2H3. The Kier molecular flexibility index (Phi) is 4.36. The van der Waals surface area contributed by atoms with Gasteiger partial charge in [0.15, 0.2) is 16.8 Å². The van der Waals surface area contributed by atoms with Crippen molar-refractivity contribution in [1.29, 1.82) is 0 Å². The fraction of sp³-hybridized carbons (Fsp3) is 0.286. The molecule has 0 spiro atoms. The Bertz CT molecular complexity index is 1180. The van der Waals surface area contributed by atoms with Crippen molar-refractivity contribution in [2.45, 2.75) is 37.9 Å². The number of rotatable bonds is 6. The molecule has 0 atom stereocenters. The Morgan fingerprint density at radius 3 is 2.86 bits per heavy atom. The summed E-state index contributed by atoms with van der Waals surface area (Å²) in [5.74, 6) is 1.43. The molecular formula is C21H20N4OS2. The minimum Gasteiger partial charge on any atom is -0.360 e. The highest BCUT2D eigenvalue weighted by Crippen LogP contribution is 2.42. The number of benzene rings is 1. The molecule has 0 saturated heterocycles. The molecule has 28 heavy (non-hydrogen) atoms. The molecule has 0 aliphatic heterocycles. The number of hydrogen-bond acceptors (Lipinski definition) is 5. The van der Waals surface area contributed by atoms with Gasteiger partial charge < -0.3 is 4.98 Å². The number of Topliss-reactive ketones (excluding diaryl/α,β-unsaturated/α-hetero) is 1. The van der Waals surface area contributed by atoms with Crippen molar-refractivity contribution < 1.29 is 4.79 Å². The zero-order valence-corrected chi connectivity index (χ0v) is 17.4. The van der Waals surface area contributed by atoms with Crippen LogP contribution in [0.2, 0.25) is 0 Å². The van der Waals surface area contributed by atoms with Gasteiger partial charge in [0, 0.05) is 44.0 Å². The quantitative estimate of drug-likeness (QED) is 0.342. The highest BCUT2D eigenvalue weighted by Gasteiger charge is 2.31. The van der Waals surface area contributed by atoms with Gasteiger partial charge in [-0.2, -0.15) is 0 Å². The maximum Gasteiger partial charge on any atom is 0.192 e. The molecule has 4 aromatic rings. The van der Waals surface area contributed by atoms with Gasteiger partial charge in [-0.3, -0.25) is 9.36 Å². The molecule has 5 nitrogen and oxygen atoms in total. The van der Waals surface area contributed by atoms with Gasteiger partial charge in [0.05, 0.1) is 5.75 Å². The van der Waals surface area contributed by atoms with Crippen molar-refractivity contribution in [2.24, 2.45) is 0 Å². The monoisotopic (exact) mass is 408 g/mol. The SMILES string of the molecule is Cc1cc(C(=O)CSc2nnc(-c3c[nH]c4ccccc34)n2C2CC2)c(C)s1. The number of aromatic nitrogens is 4. The molecular weight excluding hydrogens is 388 g/mol. The summed E-state index contributed by atoms with van der Waals surface area (Å²) in [6.07, 6.45) is 4.28. The van der Waals surface area contributed by atoms with Gasteiger partial charge in [0.25, 0.3) is 0 Å². The maximum absolute atomic E-state index is 12.7. The van der Waals surface area contributed by atoms with E-state index >= 15 is 0 Å². The Hall–Kier alpha value is -2.38. The van der Waals surface area contributed by atoms with E-state index in [-0.39, 0.29) is 5.78 Å². The van der Waals surface area contributed by atoms with Crippen LogP contribution in [0.15, 0.2) is 41.7 Å². The Balaban J connectivity index is 1.45. The van der Waals surface area contributed by atoms with Crippen molar-refractivity contribution in [3.63, 3.8) is 0 Å². The molecule has 7 heteroatoms. The molecule has 3 aromatic heterocycles. The van der Waals surface area contributed by atoms with Gasteiger partial charge in [-0.25, -0.2) is 0 Å². The number of aryl methyl sites for hydroxylation is 2. The van der Waals surface area contributed by atoms with Crippen LogP contribution >= 0.6 is 23.1 Å². The van der Waals surface area contributed by atoms with Gasteiger partial charge in [-0.15, -0.1) is 21.5 Å². The third-order valence-corrected chi connectivity index (χ3v) is 6.99. The van der Waals surface area contributed by atoms with E-state index in [0.717, 1.165) is 50.7 Å². The van der Waals surface area contributed by atoms with Crippen LogP contribution in [0.4, 0.5) is 0 Å². The number of thiophene rings is 1. The van der Waals surface area contributed by atoms with E-state index in [1.807, 2.05) is 38.2 Å². The van der Waals surface area contributed by atoms with E-state index in [1.54, 1.807) is 11.3 Å². The minimum absolute atomic E-state index is 0.158. The molecule has 1 aromatic carbocycles. The first-order valence-electron chi connectivity index (χ1n) is 9.36. The van der Waals surface area contributed by atoms with Crippen LogP contribution in [-0.2, 0) is 0 Å². The molecule has 142 valence electrons. The summed E-state index contributed by atoms with van der Waals surface area (Å²) in [7, 11) is 0. The largest absolute Gasteiger partial charge is 0.360 e. The summed E-state index contributed by atoms with van der Waals surface area (Å²) in [6.45, 7) is 4.05. The molecule has 1 aliphatic carbocycles. The molecule has 1 N–H and O–H groups in total. The average molecular weight is 409 g/mol. The molecule has 1 fully saturated rings. The third-order valence-electron chi connectivity index (χ3n) is 5.08. The van der Waals surface area contributed by atoms with E-state index < -0.39 is 0 Å². The molecule has 0 amide bonds. The lowest BCUT2D eigenvalue weighted by atomic mass is 10.1. The van der Waals surface area contributed by atoms with E-state index in [4.69, 9.17) is 0 Å². The fourth-order valence-corrected chi connectivity index (χ4v) is 5.42. The number of carbonyl (C=O) groups is 1. The van der Waals surface area contributed by atoms with Crippen LogP contribution in [0.25, 0.3) is 22.3 Å². The summed E-state index contributed by atoms with van der Waals surface area (Å²) >= 11 is 3.17. The van der Waals surface area contributed by atoms with E-state index in [0.29, 0.717) is 11.8 Å². The molecule has 1 aliphatic rings. The lowest BCUT2D eigenvalue weighted by molar-refractivity contribution is 0.102. The zero-order chi connectivity index (χ0) is 19.3. The number of hydrogen-bond donors (Lipinski definition) is 1. The second kappa shape index (κ2) is 6.90. The molecule has 0 radical (unpaired) electrons. The number of nitrogens with one attached hydrogen (secondary N) is 1. The molecule has 0 bridgehead atoms. The summed E-state index contributed by atoms with van der Waals surface area (Å²) < 4.78 is 2.22. The van der Waals surface area contributed by atoms with Crippen LogP contribution in [0.3, 0.4) is 0 Å². The molecule has 1 saturated carbocycles. The molecule has 0 unspecified atom stereocenters. The number of carbonyl (C=O) groups excluding carboxylic acids is 1. The molecule has 5 rings (SSSR count). The molecule has 3 heterocycles. The number of H-pyrrole nitrogens is 1. The van der Waals surface area contributed by atoms with Crippen molar-refractivity contribution >= 4 is 39.8 Å². The van der Waals surface area contributed by atoms with Crippen LogP contribution in [0.1, 0.15) is 39.0 Å². The first-order valence-corrected chi connectivity index (χ1v) is 11.2. The van der Waals surface area contributed by atoms with Gasteiger partial charge in [-0.1, -0.05) is 30.0 Å². The summed E-state index contributed by atoms with van der Waals surface area (Å²) in [4.78, 5) is 18.3. The van der Waals surface area contributed by atoms with Crippen molar-refractivity contribution in [3.8, 4) is 11.4 Å². The van der Waals surface area contributed by atoms with Gasteiger partial charge in [0.2, 0.25) is 0 Å².